The summed E-state index contributed by atoms with van der Waals surface area (Å²) in [4.78, 5) is 71.9. The smallest absolute Gasteiger partial charge is 0.462 e. The Morgan fingerprint density at radius 2 is 0.548 bits per heavy atom. The van der Waals surface area contributed by atoms with E-state index < -0.39 is 97.5 Å². The largest absolute Gasteiger partial charge is 0.472 e. The molecule has 0 rings (SSSR count). The number of rotatable bonds is 65. The maximum atomic E-state index is 13.0. The van der Waals surface area contributed by atoms with Crippen LogP contribution in [-0.2, 0) is 65.4 Å². The fourth-order valence-electron chi connectivity index (χ4n) is 9.76. The molecule has 0 spiro atoms. The molecule has 0 aromatic heterocycles. The van der Waals surface area contributed by atoms with Gasteiger partial charge in [-0.15, -0.1) is 0 Å². The Morgan fingerprint density at radius 3 is 0.810 bits per heavy atom. The third-order valence-electron chi connectivity index (χ3n) is 15.0. The summed E-state index contributed by atoms with van der Waals surface area (Å²) in [5.74, 6) is -1.36. The van der Waals surface area contributed by atoms with Gasteiger partial charge in [-0.2, -0.15) is 0 Å². The van der Waals surface area contributed by atoms with E-state index in [1.807, 2.05) is 0 Å². The van der Waals surface area contributed by atoms with Gasteiger partial charge < -0.3 is 33.8 Å². The van der Waals surface area contributed by atoms with E-state index in [9.17, 15) is 43.2 Å². The van der Waals surface area contributed by atoms with E-state index in [4.69, 9.17) is 37.0 Å². The summed E-state index contributed by atoms with van der Waals surface area (Å²) in [7, 11) is -9.87. The molecule has 2 unspecified atom stereocenters. The van der Waals surface area contributed by atoms with Crippen LogP contribution >= 0.6 is 15.6 Å². The molecule has 5 atom stereocenters. The van der Waals surface area contributed by atoms with E-state index in [1.165, 1.54) is 135 Å². The number of ether oxygens (including phenoxy) is 4. The first kappa shape index (κ1) is 82.1. The van der Waals surface area contributed by atoms with Crippen molar-refractivity contribution >= 4 is 39.5 Å². The van der Waals surface area contributed by atoms with Crippen molar-refractivity contribution in [2.75, 3.05) is 39.6 Å². The Bertz CT molecular complexity index is 1640. The Labute approximate surface area is 511 Å². The SMILES string of the molecule is CCCCCCCCCCCCCCCCCCCC(=O)O[C@H](COC(=O)CCCCCCCCCCCCCCC(C)C)COP(=O)(O)OC[C@@H](O)COP(=O)(O)OC[C@@H](COC(=O)CCCCCCC)OC(=O)CCCCCCCCC. The topological polar surface area (TPSA) is 237 Å². The van der Waals surface area contributed by atoms with Gasteiger partial charge in [0.1, 0.15) is 19.3 Å². The zero-order valence-corrected chi connectivity index (χ0v) is 55.8. The molecule has 0 bridgehead atoms. The fraction of sp³-hybridized carbons (Fsp3) is 0.938. The Hall–Kier alpha value is -1.94. The van der Waals surface area contributed by atoms with E-state index >= 15 is 0 Å². The lowest BCUT2D eigenvalue weighted by Gasteiger charge is -2.21. The minimum absolute atomic E-state index is 0.103. The monoisotopic (exact) mass is 1240 g/mol. The van der Waals surface area contributed by atoms with Gasteiger partial charge in [0.2, 0.25) is 0 Å². The number of carbonyl (C=O) groups excluding carboxylic acids is 4. The van der Waals surface area contributed by atoms with Crippen molar-refractivity contribution in [3.63, 3.8) is 0 Å². The van der Waals surface area contributed by atoms with Gasteiger partial charge in [-0.3, -0.25) is 37.3 Å². The van der Waals surface area contributed by atoms with Crippen molar-refractivity contribution in [3.8, 4) is 0 Å². The number of carbonyl (C=O) groups is 4. The van der Waals surface area contributed by atoms with Gasteiger partial charge >= 0.3 is 39.5 Å². The van der Waals surface area contributed by atoms with Crippen LogP contribution in [0.15, 0.2) is 0 Å². The molecule has 3 N–H and O–H groups in total. The van der Waals surface area contributed by atoms with E-state index in [0.29, 0.717) is 25.7 Å². The number of esters is 4. The highest BCUT2D eigenvalue weighted by molar-refractivity contribution is 7.47. The zero-order valence-electron chi connectivity index (χ0n) is 54.0. The molecule has 0 amide bonds. The summed E-state index contributed by atoms with van der Waals surface area (Å²) in [5, 5.41) is 10.5. The first-order valence-electron chi connectivity index (χ1n) is 34.1. The van der Waals surface area contributed by atoms with Crippen LogP contribution < -0.4 is 0 Å². The fourth-order valence-corrected chi connectivity index (χ4v) is 11.3. The minimum Gasteiger partial charge on any atom is -0.462 e. The third kappa shape index (κ3) is 59.0. The lowest BCUT2D eigenvalue weighted by Crippen LogP contribution is -2.30. The van der Waals surface area contributed by atoms with E-state index in [0.717, 1.165) is 115 Å². The molecule has 0 aliphatic heterocycles. The van der Waals surface area contributed by atoms with Gasteiger partial charge in [0, 0.05) is 25.7 Å². The van der Waals surface area contributed by atoms with Crippen molar-refractivity contribution < 1.29 is 80.2 Å². The summed E-state index contributed by atoms with van der Waals surface area (Å²) in [6, 6.07) is 0. The standard InChI is InChI=1S/C65H126O17P2/c1-6-9-12-15-17-18-19-20-21-22-23-24-29-32-36-41-46-51-65(70)82-61(55-76-63(68)49-44-39-35-31-28-26-25-27-30-34-38-42-47-58(4)5)57-80-84(73,74)78-53-59(66)52-77-83(71,72)79-56-60(54-75-62(67)48-43-37-14-11-8-3)81-64(69)50-45-40-33-16-13-10-7-2/h58-61,66H,6-57H2,1-5H3,(H,71,72)(H,73,74)/t59-,60+,61+/m0/s1. The quantitative estimate of drug-likeness (QED) is 0.0222. The normalized spacial score (nSPS) is 14.2. The average molecular weight is 1240 g/mol. The molecule has 19 heteroatoms. The van der Waals surface area contributed by atoms with Crippen molar-refractivity contribution in [1.29, 1.82) is 0 Å². The number of unbranched alkanes of at least 4 members (excludes halogenated alkanes) is 37. The number of aliphatic hydroxyl groups excluding tert-OH is 1. The van der Waals surface area contributed by atoms with Crippen LogP contribution in [0.4, 0.5) is 0 Å². The second-order valence-corrected chi connectivity index (χ2v) is 26.9. The second-order valence-electron chi connectivity index (χ2n) is 24.0. The van der Waals surface area contributed by atoms with Crippen molar-refractivity contribution in [3.05, 3.63) is 0 Å². The molecule has 0 saturated heterocycles. The van der Waals surface area contributed by atoms with Gasteiger partial charge in [0.25, 0.3) is 0 Å². The summed E-state index contributed by atoms with van der Waals surface area (Å²) in [6.45, 7) is 7.09. The number of hydrogen-bond acceptors (Lipinski definition) is 15. The van der Waals surface area contributed by atoms with Crippen LogP contribution in [0.1, 0.15) is 330 Å². The molecule has 0 saturated carbocycles. The molecule has 0 radical (unpaired) electrons. The van der Waals surface area contributed by atoms with Crippen LogP contribution in [-0.4, -0.2) is 96.7 Å². The van der Waals surface area contributed by atoms with Gasteiger partial charge in [0.05, 0.1) is 26.4 Å². The summed E-state index contributed by atoms with van der Waals surface area (Å²) in [6.07, 6.45) is 43.6. The lowest BCUT2D eigenvalue weighted by atomic mass is 10.0. The number of phosphoric ester groups is 2. The van der Waals surface area contributed by atoms with E-state index in [1.54, 1.807) is 0 Å². The molecule has 0 aliphatic carbocycles. The molecule has 0 aromatic rings. The van der Waals surface area contributed by atoms with Crippen LogP contribution in [0.2, 0.25) is 0 Å². The van der Waals surface area contributed by atoms with Crippen LogP contribution in [0, 0.1) is 5.92 Å². The first-order valence-corrected chi connectivity index (χ1v) is 37.1. The van der Waals surface area contributed by atoms with Gasteiger partial charge in [0.15, 0.2) is 12.2 Å². The summed E-state index contributed by atoms with van der Waals surface area (Å²) >= 11 is 0. The Kier molecular flexibility index (Phi) is 57.4. The summed E-state index contributed by atoms with van der Waals surface area (Å²) < 4.78 is 67.7. The Balaban J connectivity index is 5.13. The number of hydrogen-bond donors (Lipinski definition) is 3. The minimum atomic E-state index is -4.94. The molecule has 0 aromatic carbocycles. The molecular weight excluding hydrogens is 1110 g/mol. The van der Waals surface area contributed by atoms with Gasteiger partial charge in [-0.05, 0) is 31.6 Å². The number of aliphatic hydroxyl groups is 1. The molecule has 0 fully saturated rings. The molecule has 0 aliphatic rings. The zero-order chi connectivity index (χ0) is 62.0. The Morgan fingerprint density at radius 1 is 0.321 bits per heavy atom. The van der Waals surface area contributed by atoms with Crippen molar-refractivity contribution in [1.82, 2.24) is 0 Å². The summed E-state index contributed by atoms with van der Waals surface area (Å²) in [5.41, 5.74) is 0. The molecule has 84 heavy (non-hydrogen) atoms. The molecular formula is C65H126O17P2. The van der Waals surface area contributed by atoms with Crippen molar-refractivity contribution in [2.45, 2.75) is 348 Å². The lowest BCUT2D eigenvalue weighted by molar-refractivity contribution is -0.161. The predicted molar refractivity (Wildman–Crippen MR) is 335 cm³/mol. The average Bonchev–Trinajstić information content (AvgIpc) is 3.61. The predicted octanol–water partition coefficient (Wildman–Crippen LogP) is 18.2. The maximum absolute atomic E-state index is 13.0. The highest BCUT2D eigenvalue weighted by atomic mass is 31.2. The second kappa shape index (κ2) is 58.7. The molecule has 17 nitrogen and oxygen atoms in total. The number of phosphoric acid groups is 2. The third-order valence-corrected chi connectivity index (χ3v) is 16.9. The molecule has 0 heterocycles. The van der Waals surface area contributed by atoms with Gasteiger partial charge in [-0.1, -0.05) is 279 Å². The maximum Gasteiger partial charge on any atom is 0.472 e. The highest BCUT2D eigenvalue weighted by Crippen LogP contribution is 2.45. The van der Waals surface area contributed by atoms with Crippen LogP contribution in [0.25, 0.3) is 0 Å². The van der Waals surface area contributed by atoms with Crippen LogP contribution in [0.5, 0.6) is 0 Å². The van der Waals surface area contributed by atoms with E-state index in [2.05, 4.69) is 34.6 Å². The molecule has 498 valence electrons. The van der Waals surface area contributed by atoms with Gasteiger partial charge in [-0.25, -0.2) is 9.13 Å². The van der Waals surface area contributed by atoms with Crippen LogP contribution in [0.3, 0.4) is 0 Å². The highest BCUT2D eigenvalue weighted by Gasteiger charge is 2.30. The van der Waals surface area contributed by atoms with E-state index in [-0.39, 0.29) is 25.7 Å². The first-order chi connectivity index (χ1) is 40.5. The van der Waals surface area contributed by atoms with Crippen molar-refractivity contribution in [2.24, 2.45) is 5.92 Å².